The topological polar surface area (TPSA) is 555 Å². The first kappa shape index (κ1) is 93.3. The van der Waals surface area contributed by atoms with Crippen molar-refractivity contribution in [1.29, 1.82) is 0 Å². The number of nitrogens with two attached hydrogens (primary N) is 5. The lowest BCUT2D eigenvalue weighted by atomic mass is 10.0. The van der Waals surface area contributed by atoms with E-state index in [1.54, 1.807) is 23.6 Å². The predicted octanol–water partition coefficient (Wildman–Crippen LogP) is 12.6. The molecule has 9 heterocycles. The number of carboxylic acid groups (broad SMARTS) is 1. The smallest absolute Gasteiger partial charge is 0.414 e. The Morgan fingerprint density at radius 2 is 0.845 bits per heavy atom. The van der Waals surface area contributed by atoms with Gasteiger partial charge in [-0.3, -0.25) is 44.3 Å². The Balaban J connectivity index is 0.000000316. The van der Waals surface area contributed by atoms with Crippen molar-refractivity contribution in [3.8, 4) is 23.5 Å². The van der Waals surface area contributed by atoms with E-state index in [2.05, 4.69) is 55.3 Å². The number of nitrogens with zero attached hydrogens (tertiary/aromatic N) is 10. The van der Waals surface area contributed by atoms with E-state index < -0.39 is 45.5 Å². The number of carbonyl (C=O) groups excluding carboxylic acids is 3. The molecular formula is C80H107N17O19. The first-order valence-electron chi connectivity index (χ1n) is 36.6. The average molecular weight is 1610 g/mol. The highest BCUT2D eigenvalue weighted by Crippen LogP contribution is 2.40. The number of amides is 3. The molecule has 13 rings (SSSR count). The lowest BCUT2D eigenvalue weighted by Gasteiger charge is -2.24. The number of fused-ring (bicyclic) bond motifs is 15. The number of aromatic amines is 1. The molecule has 16 bridgehead atoms. The van der Waals surface area contributed by atoms with Crippen LogP contribution in [0.2, 0.25) is 0 Å². The van der Waals surface area contributed by atoms with E-state index >= 15 is 0 Å². The third-order valence-corrected chi connectivity index (χ3v) is 17.7. The van der Waals surface area contributed by atoms with Gasteiger partial charge in [-0.1, -0.05) is 117 Å². The number of carboxylic acids is 1. The number of nitrogens with one attached hydrogen (secondary N) is 1. The second-order valence-corrected chi connectivity index (χ2v) is 26.0. The number of imidazole rings is 1. The number of hydrogen-bond donors (Lipinski definition) is 9. The summed E-state index contributed by atoms with van der Waals surface area (Å²) in [5.41, 5.74) is 38.9. The van der Waals surface area contributed by atoms with Crippen molar-refractivity contribution >= 4 is 92.7 Å². The van der Waals surface area contributed by atoms with E-state index in [9.17, 15) is 39.4 Å². The number of rotatable bonds is 2. The van der Waals surface area contributed by atoms with Gasteiger partial charge in [0.2, 0.25) is 35.2 Å². The Morgan fingerprint density at radius 3 is 1.25 bits per heavy atom. The number of ether oxygens (including phenoxy) is 7. The zero-order chi connectivity index (χ0) is 81.5. The fourth-order valence-corrected chi connectivity index (χ4v) is 12.4. The fourth-order valence-electron chi connectivity index (χ4n) is 12.4. The fraction of sp³-hybridized carbons (Fsp3) is 0.362. The number of aryl methyl sites for hydroxylation is 3. The van der Waals surface area contributed by atoms with Crippen LogP contribution in [-0.2, 0) is 70.9 Å². The molecule has 3 amide bonds. The van der Waals surface area contributed by atoms with Gasteiger partial charge < -0.3 is 88.7 Å². The summed E-state index contributed by atoms with van der Waals surface area (Å²) in [6.07, 6.45) is 15.4. The maximum absolute atomic E-state index is 12.5. The van der Waals surface area contributed by atoms with E-state index in [1.807, 2.05) is 78.9 Å². The molecule has 36 heteroatoms. The first-order chi connectivity index (χ1) is 54.4. The van der Waals surface area contributed by atoms with Crippen LogP contribution in [0.4, 0.5) is 71.8 Å². The number of aliphatic hydroxyl groups excluding tert-OH is 1. The Morgan fingerprint density at radius 1 is 0.509 bits per heavy atom. The number of aliphatic hydroxyl groups is 1. The number of hydrogen-bond acceptors (Lipinski definition) is 27. The molecule has 0 saturated carbocycles. The molecule has 0 aliphatic carbocycles. The molecule has 0 spiro atoms. The number of aromatic nitrogens is 6. The molecule has 9 aromatic rings. The summed E-state index contributed by atoms with van der Waals surface area (Å²) in [5, 5.41) is 38.2. The van der Waals surface area contributed by atoms with Gasteiger partial charge >= 0.3 is 35.3 Å². The predicted molar refractivity (Wildman–Crippen MR) is 445 cm³/mol. The lowest BCUT2D eigenvalue weighted by molar-refractivity contribution is -0.383. The zero-order valence-corrected chi connectivity index (χ0v) is 65.0. The van der Waals surface area contributed by atoms with Crippen LogP contribution in [0.15, 0.2) is 138 Å². The number of pyridine rings is 4. The van der Waals surface area contributed by atoms with Gasteiger partial charge in [0.1, 0.15) is 16.9 Å². The summed E-state index contributed by atoms with van der Waals surface area (Å²) in [6, 6.07) is 38.2. The number of anilines is 8. The van der Waals surface area contributed by atoms with Gasteiger partial charge in [0.15, 0.2) is 11.6 Å². The summed E-state index contributed by atoms with van der Waals surface area (Å²) >= 11 is 0. The summed E-state index contributed by atoms with van der Waals surface area (Å²) in [4.78, 5) is 104. The van der Waals surface area contributed by atoms with Crippen molar-refractivity contribution in [2.24, 2.45) is 0 Å². The van der Waals surface area contributed by atoms with Crippen molar-refractivity contribution in [3.63, 3.8) is 0 Å². The van der Waals surface area contributed by atoms with Gasteiger partial charge in [0.05, 0.1) is 101 Å². The molecule has 4 aliphatic rings. The van der Waals surface area contributed by atoms with Crippen LogP contribution in [0.1, 0.15) is 131 Å². The number of H-pyrrole nitrogens is 1. The Kier molecular flexibility index (Phi) is 37.5. The van der Waals surface area contributed by atoms with Crippen LogP contribution in [0.3, 0.4) is 0 Å². The van der Waals surface area contributed by atoms with Crippen molar-refractivity contribution in [2.75, 3.05) is 97.7 Å². The molecular weight excluding hydrogens is 1500 g/mol. The van der Waals surface area contributed by atoms with E-state index in [0.29, 0.717) is 74.7 Å². The largest absolute Gasteiger partial charge is 0.481 e. The molecule has 0 unspecified atom stereocenters. The highest BCUT2D eigenvalue weighted by molar-refractivity contribution is 5.95. The van der Waals surface area contributed by atoms with Crippen LogP contribution in [-0.4, -0.2) is 134 Å². The minimum absolute atomic E-state index is 0. The molecule has 18 N–H and O–H groups in total. The van der Waals surface area contributed by atoms with Gasteiger partial charge in [-0.15, -0.1) is 0 Å². The second-order valence-electron chi connectivity index (χ2n) is 26.0. The maximum Gasteiger partial charge on any atom is 0.414 e. The van der Waals surface area contributed by atoms with Gasteiger partial charge in [0, 0.05) is 39.2 Å². The molecule has 626 valence electrons. The summed E-state index contributed by atoms with van der Waals surface area (Å²) in [7, 11) is 3.77. The van der Waals surface area contributed by atoms with E-state index in [1.165, 1.54) is 54.4 Å². The summed E-state index contributed by atoms with van der Waals surface area (Å²) < 4.78 is 39.0. The average Bonchev–Trinajstić information content (AvgIpc) is 1.51. The minimum atomic E-state index is -0.833. The van der Waals surface area contributed by atoms with Crippen molar-refractivity contribution in [1.82, 2.24) is 35.6 Å². The molecule has 4 aliphatic heterocycles. The van der Waals surface area contributed by atoms with Gasteiger partial charge in [-0.2, -0.15) is 19.9 Å². The molecule has 0 radical (unpaired) electrons. The van der Waals surface area contributed by atoms with Crippen LogP contribution in [0.25, 0.3) is 11.0 Å². The number of nitrogen functional groups attached to an aromatic ring is 5. The molecule has 4 aromatic carbocycles. The van der Waals surface area contributed by atoms with Crippen LogP contribution < -0.4 is 74.2 Å². The number of benzene rings is 4. The second kappa shape index (κ2) is 46.6. The van der Waals surface area contributed by atoms with Crippen LogP contribution >= 0.6 is 0 Å². The van der Waals surface area contributed by atoms with Gasteiger partial charge in [-0.05, 0) is 141 Å². The SMILES string of the molecule is C.CC(=O)O.CCO.COC(=O)N1Cc2cccc(c2)C/C=C/CCOc2cc1c([N+](=O)[O-])c(N)n2.COC(=O)N1Cc2cccc(c2)CCCCCOc2cc1c(N)c(N)n2.COC(=O)N1Cc2cccc(c2)CCCCCOc2cc1c([N+](=O)[O-])c(N)n2.N.Nc1nc2cc3c1[nH]c(=O)n3Cc1cccc(c1)CCCCCO2.O.[HH]. The maximum atomic E-state index is 12.5. The third kappa shape index (κ3) is 26.9. The molecule has 116 heavy (non-hydrogen) atoms. The van der Waals surface area contributed by atoms with Crippen molar-refractivity contribution < 1.29 is 79.3 Å². The van der Waals surface area contributed by atoms with Crippen molar-refractivity contribution in [2.45, 2.75) is 137 Å². The number of aliphatic carboxylic acids is 1. The number of methoxy groups -OCH3 is 3. The molecule has 0 atom stereocenters. The van der Waals surface area contributed by atoms with Gasteiger partial charge in [-0.25, -0.2) is 19.2 Å². The Bertz CT molecular complexity index is 4870. The highest BCUT2D eigenvalue weighted by Gasteiger charge is 2.33. The van der Waals surface area contributed by atoms with Crippen LogP contribution in [0.5, 0.6) is 23.5 Å². The molecule has 0 fully saturated rings. The number of allylic oxidation sites excluding steroid dienone is 1. The molecule has 36 nitrogen and oxygen atoms in total. The van der Waals surface area contributed by atoms with E-state index in [4.69, 9.17) is 76.8 Å². The zero-order valence-electron chi connectivity index (χ0n) is 65.0. The normalized spacial score (nSPS) is 14.0. The molecule has 0 saturated heterocycles. The number of nitro groups is 2. The highest BCUT2D eigenvalue weighted by atomic mass is 16.6. The van der Waals surface area contributed by atoms with Crippen molar-refractivity contribution in [3.05, 3.63) is 209 Å². The minimum Gasteiger partial charge on any atom is -0.481 e. The monoisotopic (exact) mass is 1610 g/mol. The number of carbonyl (C=O) groups is 4. The van der Waals surface area contributed by atoms with E-state index in [0.717, 1.165) is 134 Å². The summed E-state index contributed by atoms with van der Waals surface area (Å²) in [5.74, 6) is 0.00970. The quantitative estimate of drug-likeness (QED) is 0.0336. The van der Waals surface area contributed by atoms with Crippen LogP contribution in [0, 0.1) is 20.2 Å². The lowest BCUT2D eigenvalue weighted by Crippen LogP contribution is -2.31. The van der Waals surface area contributed by atoms with Gasteiger partial charge in [0.25, 0.3) is 5.97 Å². The van der Waals surface area contributed by atoms with E-state index in [-0.39, 0.29) is 92.1 Å². The standard InChI is InChI=1S/C19H22N4O5.C19H20N4O5.C19H24N4O3.C18H20N4O2.C2H4O2.C2H6O.CH4.H3N.H2O.H2/c2*1-27-19(24)22-12-14-8-5-7-13(10-14)6-3-2-4-9-28-16-11-15(22)17(23(25)26)18(20)21-16;1-25-19(24)23-12-14-8-5-7-13(10-14)6-3-2-4-9-26-16-11-15(23)17(20)18(21)22-16;19-17-16-14-10-15(20-17)24-8-3-1-2-5-12-6-4-7-13(9-12)11-22(14)18(23)21-16;1-2(3)4;1-2-3;;;;/h5,7-8,10-11H,2-4,6,9,12H2,1H3,(H2,20,21);2-3,5,7-8,10-11H,4,6,9,12H2,1H3,(H2,20,21);5,7-8,10-11H,2-4,6,9,12,20H2,1H3,(H2,21,22);4,6-7,9-10H,1-3,5,8,11H2,(H2,19,20)(H,21,23);1H3,(H,3,4);3H,2H2,1H3;1H4;1H3;1H2;1H/b;3-2+;;;;;;;;. The summed E-state index contributed by atoms with van der Waals surface area (Å²) in [6.45, 7) is 5.84. The Hall–Kier alpha value is -13.4. The Labute approximate surface area is 672 Å². The first-order valence-corrected chi connectivity index (χ1v) is 36.6. The third-order valence-electron chi connectivity index (χ3n) is 17.7. The molecule has 5 aromatic heterocycles.